The third-order valence-corrected chi connectivity index (χ3v) is 1.69. The number of aryl methyl sites for hydroxylation is 2. The lowest BCUT2D eigenvalue weighted by Crippen LogP contribution is -1.95. The Kier molecular flexibility index (Phi) is 2.68. The Morgan fingerprint density at radius 1 is 1.79 bits per heavy atom. The van der Waals surface area contributed by atoms with Gasteiger partial charge in [-0.2, -0.15) is 5.10 Å². The van der Waals surface area contributed by atoms with Crippen LogP contribution in [-0.4, -0.2) is 14.7 Å². The van der Waals surface area contributed by atoms with Gasteiger partial charge >= 0.3 is 5.69 Å². The highest BCUT2D eigenvalue weighted by molar-refractivity contribution is 5.55. The molecule has 0 saturated carbocycles. The van der Waals surface area contributed by atoms with E-state index in [0.717, 1.165) is 0 Å². The molecule has 1 aromatic heterocycles. The van der Waals surface area contributed by atoms with Crippen molar-refractivity contribution in [3.63, 3.8) is 0 Å². The molecule has 0 bridgehead atoms. The van der Waals surface area contributed by atoms with Gasteiger partial charge in [-0.1, -0.05) is 0 Å². The van der Waals surface area contributed by atoms with Gasteiger partial charge in [0.25, 0.3) is 0 Å². The van der Waals surface area contributed by atoms with E-state index in [2.05, 4.69) is 15.1 Å². The lowest BCUT2D eigenvalue weighted by Gasteiger charge is -1.95. The Labute approximate surface area is 78.9 Å². The first-order valence-electron chi connectivity index (χ1n) is 3.88. The van der Waals surface area contributed by atoms with Crippen LogP contribution in [0.25, 0.3) is 10.4 Å². The molecule has 8 heteroatoms. The lowest BCUT2D eigenvalue weighted by atomic mass is 10.4. The van der Waals surface area contributed by atoms with Gasteiger partial charge in [0.1, 0.15) is 5.69 Å². The van der Waals surface area contributed by atoms with E-state index < -0.39 is 4.92 Å². The van der Waals surface area contributed by atoms with Crippen molar-refractivity contribution >= 4 is 11.5 Å². The highest BCUT2D eigenvalue weighted by Crippen LogP contribution is 2.30. The lowest BCUT2D eigenvalue weighted by molar-refractivity contribution is -0.384. The van der Waals surface area contributed by atoms with Crippen LogP contribution in [-0.2, 0) is 6.54 Å². The smallest absolute Gasteiger partial charge is 0.258 e. The number of rotatable bonds is 3. The maximum absolute atomic E-state index is 10.6. The summed E-state index contributed by atoms with van der Waals surface area (Å²) < 4.78 is 1.30. The Morgan fingerprint density at radius 2 is 2.43 bits per heavy atom. The highest BCUT2D eigenvalue weighted by Gasteiger charge is 2.23. The zero-order valence-corrected chi connectivity index (χ0v) is 7.71. The van der Waals surface area contributed by atoms with Gasteiger partial charge in [0, 0.05) is 11.5 Å². The molecule has 0 N–H and O–H groups in total. The molecule has 0 fully saturated rings. The van der Waals surface area contributed by atoms with Crippen LogP contribution in [0.2, 0.25) is 0 Å². The molecule has 0 aliphatic heterocycles. The number of hydrogen-bond acceptors (Lipinski definition) is 4. The van der Waals surface area contributed by atoms with Crippen LogP contribution in [0.4, 0.5) is 11.5 Å². The molecule has 0 unspecified atom stereocenters. The van der Waals surface area contributed by atoms with Crippen molar-refractivity contribution in [2.45, 2.75) is 20.4 Å². The van der Waals surface area contributed by atoms with Crippen molar-refractivity contribution in [3.8, 4) is 0 Å². The predicted molar refractivity (Wildman–Crippen MR) is 48.1 cm³/mol. The molecule has 74 valence electrons. The van der Waals surface area contributed by atoms with Gasteiger partial charge < -0.3 is 0 Å². The summed E-state index contributed by atoms with van der Waals surface area (Å²) in [6.45, 7) is 3.68. The Hall–Kier alpha value is -2.08. The van der Waals surface area contributed by atoms with Gasteiger partial charge in [0.2, 0.25) is 5.82 Å². The van der Waals surface area contributed by atoms with Gasteiger partial charge in [-0.05, 0) is 24.5 Å². The fourth-order valence-electron chi connectivity index (χ4n) is 1.14. The number of nitro groups is 1. The molecule has 0 amide bonds. The molecule has 0 aliphatic carbocycles. The van der Waals surface area contributed by atoms with E-state index in [1.165, 1.54) is 11.6 Å². The van der Waals surface area contributed by atoms with Crippen LogP contribution in [0.15, 0.2) is 5.11 Å². The van der Waals surface area contributed by atoms with Crippen LogP contribution < -0.4 is 0 Å². The van der Waals surface area contributed by atoms with Gasteiger partial charge in [0.15, 0.2) is 0 Å². The number of aromatic nitrogens is 2. The van der Waals surface area contributed by atoms with Crippen molar-refractivity contribution in [2.24, 2.45) is 5.11 Å². The molecule has 0 spiro atoms. The maximum Gasteiger partial charge on any atom is 0.319 e. The van der Waals surface area contributed by atoms with Gasteiger partial charge in [-0.15, -0.1) is 0 Å². The molecule has 0 saturated heterocycles. The third kappa shape index (κ3) is 1.50. The van der Waals surface area contributed by atoms with E-state index in [0.29, 0.717) is 6.54 Å². The summed E-state index contributed by atoms with van der Waals surface area (Å²) in [7, 11) is 0. The average molecular weight is 196 g/mol. The quantitative estimate of drug-likeness (QED) is 0.242. The minimum absolute atomic E-state index is 0.0440. The molecule has 0 aromatic carbocycles. The molecule has 0 aliphatic rings. The summed E-state index contributed by atoms with van der Waals surface area (Å²) in [5.41, 5.74) is 8.27. The molecule has 1 aromatic rings. The van der Waals surface area contributed by atoms with E-state index >= 15 is 0 Å². The first-order chi connectivity index (χ1) is 6.61. The molecule has 0 atom stereocenters. The van der Waals surface area contributed by atoms with Crippen molar-refractivity contribution in [2.75, 3.05) is 0 Å². The standard InChI is InChI=1S/C6H8N6O2/c1-3-11-6(8-10-7)5(12(13)14)4(2)9-11/h3H2,1-2H3. The Balaban J connectivity index is 3.45. The Morgan fingerprint density at radius 3 is 2.86 bits per heavy atom. The zero-order chi connectivity index (χ0) is 10.7. The van der Waals surface area contributed by atoms with Crippen LogP contribution in [0.1, 0.15) is 12.6 Å². The largest absolute Gasteiger partial charge is 0.319 e. The molecular weight excluding hydrogens is 188 g/mol. The van der Waals surface area contributed by atoms with Crippen molar-refractivity contribution in [3.05, 3.63) is 26.3 Å². The van der Waals surface area contributed by atoms with Crippen LogP contribution in [0.5, 0.6) is 0 Å². The normalized spacial score (nSPS) is 9.57. The summed E-state index contributed by atoms with van der Waals surface area (Å²) in [5, 5.41) is 17.8. The summed E-state index contributed by atoms with van der Waals surface area (Å²) in [6, 6.07) is 0. The summed E-state index contributed by atoms with van der Waals surface area (Å²) in [4.78, 5) is 12.5. The fraction of sp³-hybridized carbons (Fsp3) is 0.500. The third-order valence-electron chi connectivity index (χ3n) is 1.69. The van der Waals surface area contributed by atoms with Crippen LogP contribution in [0.3, 0.4) is 0 Å². The Bertz CT molecular complexity index is 416. The van der Waals surface area contributed by atoms with Crippen LogP contribution >= 0.6 is 0 Å². The first-order valence-corrected chi connectivity index (χ1v) is 3.88. The topological polar surface area (TPSA) is 110 Å². The van der Waals surface area contributed by atoms with Crippen molar-refractivity contribution < 1.29 is 4.92 Å². The number of hydrogen-bond donors (Lipinski definition) is 0. The molecule has 14 heavy (non-hydrogen) atoms. The van der Waals surface area contributed by atoms with Gasteiger partial charge in [-0.3, -0.25) is 14.8 Å². The van der Waals surface area contributed by atoms with Crippen molar-refractivity contribution in [1.82, 2.24) is 9.78 Å². The predicted octanol–water partition coefficient (Wildman–Crippen LogP) is 2.06. The fourth-order valence-corrected chi connectivity index (χ4v) is 1.14. The van der Waals surface area contributed by atoms with E-state index in [9.17, 15) is 10.1 Å². The van der Waals surface area contributed by atoms with Gasteiger partial charge in [-0.25, -0.2) is 0 Å². The molecule has 1 heterocycles. The second kappa shape index (κ2) is 3.75. The first kappa shape index (κ1) is 10.0. The number of azide groups is 1. The SMILES string of the molecule is CCn1nc(C)c([N+](=O)[O-])c1N=[N+]=[N-]. The van der Waals surface area contributed by atoms with Gasteiger partial charge in [0.05, 0.1) is 4.92 Å². The van der Waals surface area contributed by atoms with E-state index in [4.69, 9.17) is 5.53 Å². The molecule has 0 radical (unpaired) electrons. The second-order valence-electron chi connectivity index (χ2n) is 2.52. The molecule has 8 nitrogen and oxygen atoms in total. The highest BCUT2D eigenvalue weighted by atomic mass is 16.6. The molecule has 1 rings (SSSR count). The summed E-state index contributed by atoms with van der Waals surface area (Å²) >= 11 is 0. The van der Waals surface area contributed by atoms with E-state index in [1.54, 1.807) is 6.92 Å². The molecular formula is C6H8N6O2. The minimum atomic E-state index is -0.599. The van der Waals surface area contributed by atoms with E-state index in [1.807, 2.05) is 0 Å². The number of nitrogens with zero attached hydrogens (tertiary/aromatic N) is 6. The summed E-state index contributed by atoms with van der Waals surface area (Å²) in [5.74, 6) is -0.0440. The van der Waals surface area contributed by atoms with Crippen molar-refractivity contribution in [1.29, 1.82) is 0 Å². The average Bonchev–Trinajstić information content (AvgIpc) is 2.43. The maximum atomic E-state index is 10.6. The monoisotopic (exact) mass is 196 g/mol. The van der Waals surface area contributed by atoms with Crippen LogP contribution in [0, 0.1) is 17.0 Å². The summed E-state index contributed by atoms with van der Waals surface area (Å²) in [6.07, 6.45) is 0. The van der Waals surface area contributed by atoms with E-state index in [-0.39, 0.29) is 17.2 Å². The second-order valence-corrected chi connectivity index (χ2v) is 2.52. The minimum Gasteiger partial charge on any atom is -0.258 e. The zero-order valence-electron chi connectivity index (χ0n) is 7.71.